The minimum atomic E-state index is -0.786. The minimum absolute atomic E-state index is 0.00810. The van der Waals surface area contributed by atoms with Gasteiger partial charge in [-0.25, -0.2) is 4.39 Å². The molecule has 0 bridgehead atoms. The smallest absolute Gasteiger partial charge is 0.253 e. The summed E-state index contributed by atoms with van der Waals surface area (Å²) in [6.07, 6.45) is 1.25. The molecule has 28 heavy (non-hydrogen) atoms. The number of nitrogens with one attached hydrogen (secondary N) is 1. The van der Waals surface area contributed by atoms with Gasteiger partial charge in [-0.05, 0) is 38.1 Å². The zero-order chi connectivity index (χ0) is 19.9. The van der Waals surface area contributed by atoms with Gasteiger partial charge in [0.2, 0.25) is 5.91 Å². The lowest BCUT2D eigenvalue weighted by atomic mass is 10.00. The van der Waals surface area contributed by atoms with Crippen molar-refractivity contribution in [1.82, 2.24) is 15.1 Å². The van der Waals surface area contributed by atoms with Crippen molar-refractivity contribution in [3.63, 3.8) is 0 Å². The number of fused-ring (bicyclic) bond motifs is 1. The first-order valence-corrected chi connectivity index (χ1v) is 10.0. The van der Waals surface area contributed by atoms with E-state index < -0.39 is 12.1 Å². The molecule has 2 fully saturated rings. The van der Waals surface area contributed by atoms with Gasteiger partial charge in [-0.3, -0.25) is 14.5 Å². The van der Waals surface area contributed by atoms with E-state index >= 15 is 0 Å². The Kier molecular flexibility index (Phi) is 5.04. The van der Waals surface area contributed by atoms with E-state index in [0.29, 0.717) is 50.6 Å². The molecule has 2 heterocycles. The Hall–Kier alpha value is -2.15. The largest absolute Gasteiger partial charge is 0.493 e. The van der Waals surface area contributed by atoms with Crippen LogP contribution >= 0.6 is 0 Å². The van der Waals surface area contributed by atoms with Crippen molar-refractivity contribution in [2.45, 2.75) is 31.7 Å². The van der Waals surface area contributed by atoms with Gasteiger partial charge in [0, 0.05) is 49.3 Å². The molecule has 2 unspecified atom stereocenters. The summed E-state index contributed by atoms with van der Waals surface area (Å²) in [5.41, 5.74) is 0.980. The van der Waals surface area contributed by atoms with Crippen LogP contribution in [0.2, 0.25) is 0 Å². The van der Waals surface area contributed by atoms with Crippen molar-refractivity contribution in [3.05, 3.63) is 29.3 Å². The maximum Gasteiger partial charge on any atom is 0.253 e. The molecule has 2 amide bonds. The molecule has 1 saturated carbocycles. The van der Waals surface area contributed by atoms with Crippen molar-refractivity contribution >= 4 is 11.8 Å². The summed E-state index contributed by atoms with van der Waals surface area (Å²) in [7, 11) is 2.00. The quantitative estimate of drug-likeness (QED) is 0.834. The van der Waals surface area contributed by atoms with Crippen LogP contribution in [-0.4, -0.2) is 74.2 Å². The number of piperazine rings is 1. The summed E-state index contributed by atoms with van der Waals surface area (Å²) in [4.78, 5) is 29.3. The lowest BCUT2D eigenvalue weighted by molar-refractivity contribution is -0.127. The normalized spacial score (nSPS) is 25.8. The van der Waals surface area contributed by atoms with E-state index in [1.807, 2.05) is 30.1 Å². The van der Waals surface area contributed by atoms with Crippen LogP contribution in [0.15, 0.2) is 18.2 Å². The lowest BCUT2D eigenvalue weighted by Crippen LogP contribution is -2.57. The number of amides is 2. The van der Waals surface area contributed by atoms with Gasteiger partial charge in [-0.1, -0.05) is 6.92 Å². The highest BCUT2D eigenvalue weighted by Gasteiger charge is 2.50. The van der Waals surface area contributed by atoms with Crippen molar-refractivity contribution < 1.29 is 18.7 Å². The first-order valence-electron chi connectivity index (χ1n) is 10.0. The van der Waals surface area contributed by atoms with E-state index in [4.69, 9.17) is 4.74 Å². The maximum absolute atomic E-state index is 13.1. The molecule has 6 nitrogen and oxygen atoms in total. The summed E-state index contributed by atoms with van der Waals surface area (Å²) < 4.78 is 18.7. The number of alkyl halides is 1. The molecule has 0 radical (unpaired) electrons. The minimum Gasteiger partial charge on any atom is -0.493 e. The summed E-state index contributed by atoms with van der Waals surface area (Å²) >= 11 is 0. The van der Waals surface area contributed by atoms with E-state index in [-0.39, 0.29) is 17.9 Å². The van der Waals surface area contributed by atoms with Crippen LogP contribution in [0.25, 0.3) is 0 Å². The molecule has 2 atom stereocenters. The van der Waals surface area contributed by atoms with E-state index in [2.05, 4.69) is 17.1 Å². The first kappa shape index (κ1) is 19.2. The molecular weight excluding hydrogens is 361 g/mol. The number of hydrogen-bond donors (Lipinski definition) is 1. The number of halogens is 1. The van der Waals surface area contributed by atoms with Gasteiger partial charge >= 0.3 is 0 Å². The third kappa shape index (κ3) is 3.48. The van der Waals surface area contributed by atoms with Crippen molar-refractivity contribution in [2.24, 2.45) is 5.41 Å². The monoisotopic (exact) mass is 389 g/mol. The molecule has 1 aliphatic carbocycles. The molecule has 1 aromatic rings. The molecule has 1 aromatic carbocycles. The van der Waals surface area contributed by atoms with Crippen molar-refractivity contribution in [3.8, 4) is 5.75 Å². The topological polar surface area (TPSA) is 61.9 Å². The fourth-order valence-electron chi connectivity index (χ4n) is 4.01. The number of nitrogens with zero attached hydrogens (tertiary/aromatic N) is 2. The number of hydrogen-bond acceptors (Lipinski definition) is 4. The fourth-order valence-corrected chi connectivity index (χ4v) is 4.01. The predicted octanol–water partition coefficient (Wildman–Crippen LogP) is 1.80. The molecule has 4 rings (SSSR count). The van der Waals surface area contributed by atoms with Crippen LogP contribution in [0.1, 0.15) is 41.6 Å². The second-order valence-electron chi connectivity index (χ2n) is 8.47. The van der Waals surface area contributed by atoms with Gasteiger partial charge in [0.15, 0.2) is 0 Å². The average Bonchev–Trinajstić information content (AvgIpc) is 3.44. The number of benzene rings is 1. The Morgan fingerprint density at radius 3 is 2.82 bits per heavy atom. The lowest BCUT2D eigenvalue weighted by Gasteiger charge is -2.39. The molecule has 7 heteroatoms. The average molecular weight is 389 g/mol. The van der Waals surface area contributed by atoms with Crippen LogP contribution in [0.4, 0.5) is 4.39 Å². The van der Waals surface area contributed by atoms with Gasteiger partial charge < -0.3 is 15.0 Å². The predicted molar refractivity (Wildman–Crippen MR) is 103 cm³/mol. The van der Waals surface area contributed by atoms with Crippen LogP contribution in [0, 0.1) is 5.41 Å². The van der Waals surface area contributed by atoms with E-state index in [0.717, 1.165) is 17.9 Å². The maximum atomic E-state index is 13.1. The Bertz CT molecular complexity index is 780. The Labute approximate surface area is 165 Å². The zero-order valence-electron chi connectivity index (χ0n) is 16.5. The number of ether oxygens (including phenoxy) is 1. The molecule has 2 aliphatic heterocycles. The molecule has 152 valence electrons. The number of carbonyl (C=O) groups excluding carboxylic acids is 2. The van der Waals surface area contributed by atoms with Gasteiger partial charge in [-0.15, -0.1) is 0 Å². The summed E-state index contributed by atoms with van der Waals surface area (Å²) in [5, 5.41) is 2.90. The number of rotatable bonds is 5. The van der Waals surface area contributed by atoms with Gasteiger partial charge in [0.1, 0.15) is 12.4 Å². The molecule has 0 spiro atoms. The first-order chi connectivity index (χ1) is 13.4. The molecule has 1 N–H and O–H groups in total. The highest BCUT2D eigenvalue weighted by molar-refractivity contribution is 5.95. The third-order valence-corrected chi connectivity index (χ3v) is 6.43. The number of carbonyl (C=O) groups is 2. The second kappa shape index (κ2) is 7.35. The molecule has 1 saturated heterocycles. The zero-order valence-corrected chi connectivity index (χ0v) is 16.5. The SMILES string of the molecule is CC1COc2ccc(C(=O)N3CCN(C)C(CNC(=O)C4(CF)CC4)C3)cc21. The second-order valence-corrected chi connectivity index (χ2v) is 8.47. The van der Waals surface area contributed by atoms with E-state index in [1.54, 1.807) is 0 Å². The van der Waals surface area contributed by atoms with E-state index in [9.17, 15) is 14.0 Å². The number of likely N-dealkylation sites (N-methyl/N-ethyl adjacent to an activating group) is 1. The van der Waals surface area contributed by atoms with Crippen molar-refractivity contribution in [1.29, 1.82) is 0 Å². The van der Waals surface area contributed by atoms with Gasteiger partial charge in [-0.2, -0.15) is 0 Å². The Morgan fingerprint density at radius 2 is 2.11 bits per heavy atom. The van der Waals surface area contributed by atoms with Gasteiger partial charge in [0.25, 0.3) is 5.91 Å². The Morgan fingerprint density at radius 1 is 1.32 bits per heavy atom. The summed E-state index contributed by atoms with van der Waals surface area (Å²) in [6.45, 7) is 4.52. The standard InChI is InChI=1S/C21H28FN3O3/c1-14-12-28-18-4-3-15(9-17(14)18)19(26)25-8-7-24(2)16(11-25)10-23-20(27)21(13-22)5-6-21/h3-4,9,14,16H,5-8,10-13H2,1-2H3,(H,23,27). The Balaban J connectivity index is 1.39. The van der Waals surface area contributed by atoms with E-state index in [1.165, 1.54) is 0 Å². The fraction of sp³-hybridized carbons (Fsp3) is 0.619. The van der Waals surface area contributed by atoms with Crippen LogP contribution in [0.3, 0.4) is 0 Å². The van der Waals surface area contributed by atoms with Crippen LogP contribution < -0.4 is 10.1 Å². The van der Waals surface area contributed by atoms with Crippen molar-refractivity contribution in [2.75, 3.05) is 46.5 Å². The summed E-state index contributed by atoms with van der Waals surface area (Å²) in [5.74, 6) is 0.974. The highest BCUT2D eigenvalue weighted by Crippen LogP contribution is 2.46. The van der Waals surface area contributed by atoms with Crippen LogP contribution in [0.5, 0.6) is 5.75 Å². The third-order valence-electron chi connectivity index (χ3n) is 6.43. The van der Waals surface area contributed by atoms with Crippen LogP contribution in [-0.2, 0) is 4.79 Å². The summed E-state index contributed by atoms with van der Waals surface area (Å²) in [6, 6.07) is 5.68. The van der Waals surface area contributed by atoms with Gasteiger partial charge in [0.05, 0.1) is 12.0 Å². The highest BCUT2D eigenvalue weighted by atomic mass is 19.1. The molecule has 0 aromatic heterocycles. The molecule has 3 aliphatic rings. The molecular formula is C21H28FN3O3.